The lowest BCUT2D eigenvalue weighted by molar-refractivity contribution is 0.400. The van der Waals surface area contributed by atoms with Crippen LogP contribution in [0, 0.1) is 0 Å². The third kappa shape index (κ3) is 3.49. The van der Waals surface area contributed by atoms with E-state index in [-0.39, 0.29) is 5.88 Å². The Morgan fingerprint density at radius 1 is 1.50 bits per heavy atom. The van der Waals surface area contributed by atoms with E-state index in [1.165, 1.54) is 11.5 Å². The molecule has 0 atom stereocenters. The average Bonchev–Trinajstić information content (AvgIpc) is 2.51. The van der Waals surface area contributed by atoms with Crippen LogP contribution in [0.25, 0.3) is 0 Å². The number of aromatic hydroxyl groups is 1. The number of hydrogen-bond donors (Lipinski definition) is 2. The van der Waals surface area contributed by atoms with Gasteiger partial charge >= 0.3 is 0 Å². The molecule has 14 heavy (non-hydrogen) atoms. The van der Waals surface area contributed by atoms with Crippen molar-refractivity contribution in [2.45, 2.75) is 6.42 Å². The molecule has 80 valence electrons. The number of nitrogens with zero attached hydrogens (tertiary/aromatic N) is 3. The zero-order valence-electron chi connectivity index (χ0n) is 8.47. The summed E-state index contributed by atoms with van der Waals surface area (Å²) >= 11 is 1.20. The first-order chi connectivity index (χ1) is 6.59. The van der Waals surface area contributed by atoms with Crippen LogP contribution in [0.3, 0.4) is 0 Å². The molecule has 0 amide bonds. The molecule has 0 aliphatic carbocycles. The predicted octanol–water partition coefficient (Wildman–Crippen LogP) is 0.480. The van der Waals surface area contributed by atoms with Gasteiger partial charge in [-0.25, -0.2) is 5.84 Å². The quantitative estimate of drug-likeness (QED) is 0.553. The lowest BCUT2D eigenvalue weighted by Gasteiger charge is -2.16. The van der Waals surface area contributed by atoms with Gasteiger partial charge in [-0.15, -0.1) is 0 Å². The maximum atomic E-state index is 9.02. The zero-order valence-corrected chi connectivity index (χ0v) is 9.29. The van der Waals surface area contributed by atoms with Crippen molar-refractivity contribution in [1.82, 2.24) is 9.27 Å². The van der Waals surface area contributed by atoms with Crippen molar-refractivity contribution in [1.29, 1.82) is 0 Å². The van der Waals surface area contributed by atoms with Crippen LogP contribution in [0.4, 0.5) is 5.00 Å². The Labute approximate surface area is 87.9 Å². The second-order valence-electron chi connectivity index (χ2n) is 3.37. The van der Waals surface area contributed by atoms with Gasteiger partial charge in [0.2, 0.25) is 5.88 Å². The minimum atomic E-state index is 0.0352. The Balaban J connectivity index is 2.32. The number of hydrogen-bond acceptors (Lipinski definition) is 6. The molecule has 1 heterocycles. The van der Waals surface area contributed by atoms with Crippen LogP contribution in [0.5, 0.6) is 5.88 Å². The van der Waals surface area contributed by atoms with Gasteiger partial charge in [-0.2, -0.15) is 4.37 Å². The van der Waals surface area contributed by atoms with Gasteiger partial charge in [0, 0.05) is 12.6 Å². The van der Waals surface area contributed by atoms with Gasteiger partial charge in [0.1, 0.15) is 5.00 Å². The predicted molar refractivity (Wildman–Crippen MR) is 58.5 cm³/mol. The van der Waals surface area contributed by atoms with Crippen LogP contribution in [-0.2, 0) is 0 Å². The first-order valence-electron chi connectivity index (χ1n) is 4.42. The highest BCUT2D eigenvalue weighted by Gasteiger charge is 2.05. The smallest absolute Gasteiger partial charge is 0.224 e. The van der Waals surface area contributed by atoms with Gasteiger partial charge in [-0.05, 0) is 38.6 Å². The topological polar surface area (TPSA) is 65.6 Å². The standard InChI is InChI=1S/C8H16N4OS/c1-11(2)4-3-5-12(9)8-6-7(13)10-14-8/h6H,3-5,9H2,1-2H3,(H,10,13). The lowest BCUT2D eigenvalue weighted by atomic mass is 10.4. The molecule has 0 saturated heterocycles. The summed E-state index contributed by atoms with van der Waals surface area (Å²) in [4.78, 5) is 2.11. The van der Waals surface area contributed by atoms with E-state index >= 15 is 0 Å². The van der Waals surface area contributed by atoms with Crippen molar-refractivity contribution in [3.8, 4) is 5.88 Å². The second kappa shape index (κ2) is 5.14. The average molecular weight is 216 g/mol. The van der Waals surface area contributed by atoms with Gasteiger partial charge in [0.05, 0.1) is 0 Å². The lowest BCUT2D eigenvalue weighted by Crippen LogP contribution is -2.32. The monoisotopic (exact) mass is 216 g/mol. The van der Waals surface area contributed by atoms with E-state index in [0.29, 0.717) is 0 Å². The molecule has 1 rings (SSSR count). The van der Waals surface area contributed by atoms with Gasteiger partial charge in [0.15, 0.2) is 0 Å². The highest BCUT2D eigenvalue weighted by Crippen LogP contribution is 2.22. The molecule has 1 aromatic heterocycles. The molecular weight excluding hydrogens is 200 g/mol. The molecule has 0 spiro atoms. The molecule has 0 aliphatic heterocycles. The maximum Gasteiger partial charge on any atom is 0.224 e. The number of hydrazine groups is 1. The van der Waals surface area contributed by atoms with Crippen LogP contribution < -0.4 is 10.9 Å². The number of nitrogens with two attached hydrogens (primary N) is 1. The normalized spacial score (nSPS) is 10.9. The first kappa shape index (κ1) is 11.2. The molecule has 5 nitrogen and oxygen atoms in total. The third-order valence-corrected chi connectivity index (χ3v) is 2.59. The Bertz CT molecular complexity index is 276. The summed E-state index contributed by atoms with van der Waals surface area (Å²) < 4.78 is 3.75. The molecule has 0 radical (unpaired) electrons. The molecule has 0 fully saturated rings. The van der Waals surface area contributed by atoms with Crippen molar-refractivity contribution in [2.75, 3.05) is 32.2 Å². The molecule has 0 aromatic carbocycles. The Hall–Kier alpha value is -0.850. The molecule has 0 aliphatic rings. The summed E-state index contributed by atoms with van der Waals surface area (Å²) in [6.45, 7) is 1.76. The molecule has 0 unspecified atom stereocenters. The summed E-state index contributed by atoms with van der Waals surface area (Å²) in [6.07, 6.45) is 0.988. The largest absolute Gasteiger partial charge is 0.493 e. The second-order valence-corrected chi connectivity index (χ2v) is 4.16. The van der Waals surface area contributed by atoms with E-state index in [0.717, 1.165) is 24.5 Å². The number of aromatic nitrogens is 1. The van der Waals surface area contributed by atoms with Gasteiger partial charge in [-0.1, -0.05) is 0 Å². The maximum absolute atomic E-state index is 9.02. The van der Waals surface area contributed by atoms with E-state index in [2.05, 4.69) is 9.27 Å². The van der Waals surface area contributed by atoms with Crippen LogP contribution in [-0.4, -0.2) is 41.6 Å². The molecule has 3 N–H and O–H groups in total. The van der Waals surface area contributed by atoms with Crippen molar-refractivity contribution >= 4 is 16.5 Å². The summed E-state index contributed by atoms with van der Waals surface area (Å²) in [7, 11) is 4.05. The van der Waals surface area contributed by atoms with Crippen LogP contribution in [0.15, 0.2) is 6.07 Å². The first-order valence-corrected chi connectivity index (χ1v) is 5.19. The Morgan fingerprint density at radius 3 is 2.71 bits per heavy atom. The minimum absolute atomic E-state index is 0.0352. The molecule has 0 bridgehead atoms. The third-order valence-electron chi connectivity index (χ3n) is 1.77. The van der Waals surface area contributed by atoms with E-state index < -0.39 is 0 Å². The molecule has 0 saturated carbocycles. The van der Waals surface area contributed by atoms with Crippen LogP contribution >= 0.6 is 11.5 Å². The van der Waals surface area contributed by atoms with Crippen LogP contribution in [0.1, 0.15) is 6.42 Å². The molecule has 6 heteroatoms. The van der Waals surface area contributed by atoms with Crippen molar-refractivity contribution in [2.24, 2.45) is 5.84 Å². The number of rotatable bonds is 5. The van der Waals surface area contributed by atoms with Crippen molar-refractivity contribution < 1.29 is 5.11 Å². The van der Waals surface area contributed by atoms with E-state index in [4.69, 9.17) is 10.9 Å². The highest BCUT2D eigenvalue weighted by atomic mass is 32.1. The van der Waals surface area contributed by atoms with E-state index in [9.17, 15) is 0 Å². The fourth-order valence-electron chi connectivity index (χ4n) is 1.06. The highest BCUT2D eigenvalue weighted by molar-refractivity contribution is 7.10. The SMILES string of the molecule is CN(C)CCCN(N)c1cc(O)ns1. The van der Waals surface area contributed by atoms with Gasteiger partial charge in [-0.3, -0.25) is 0 Å². The Morgan fingerprint density at radius 2 is 2.21 bits per heavy atom. The van der Waals surface area contributed by atoms with Gasteiger partial charge in [0.25, 0.3) is 0 Å². The van der Waals surface area contributed by atoms with Crippen molar-refractivity contribution in [3.63, 3.8) is 0 Å². The fraction of sp³-hybridized carbons (Fsp3) is 0.625. The minimum Gasteiger partial charge on any atom is -0.493 e. The molecular formula is C8H16N4OS. The molecule has 1 aromatic rings. The van der Waals surface area contributed by atoms with Crippen LogP contribution in [0.2, 0.25) is 0 Å². The van der Waals surface area contributed by atoms with E-state index in [1.807, 2.05) is 14.1 Å². The Kier molecular flexibility index (Phi) is 4.12. The summed E-state index contributed by atoms with van der Waals surface area (Å²) in [5.74, 6) is 5.80. The van der Waals surface area contributed by atoms with Crippen molar-refractivity contribution in [3.05, 3.63) is 6.07 Å². The zero-order chi connectivity index (χ0) is 10.6. The summed E-state index contributed by atoms with van der Waals surface area (Å²) in [6, 6.07) is 1.57. The number of anilines is 1. The summed E-state index contributed by atoms with van der Waals surface area (Å²) in [5.41, 5.74) is 0. The summed E-state index contributed by atoms with van der Waals surface area (Å²) in [5, 5.41) is 11.4. The fourth-order valence-corrected chi connectivity index (χ4v) is 1.65. The van der Waals surface area contributed by atoms with Gasteiger partial charge < -0.3 is 15.0 Å². The van der Waals surface area contributed by atoms with E-state index in [1.54, 1.807) is 11.1 Å².